The van der Waals surface area contributed by atoms with Gasteiger partial charge in [-0.3, -0.25) is 4.79 Å². The van der Waals surface area contributed by atoms with Gasteiger partial charge in [0.25, 0.3) is 0 Å². The van der Waals surface area contributed by atoms with Crippen molar-refractivity contribution in [1.29, 1.82) is 0 Å². The number of benzene rings is 1. The van der Waals surface area contributed by atoms with Gasteiger partial charge < -0.3 is 10.6 Å². The van der Waals surface area contributed by atoms with Crippen molar-refractivity contribution in [2.75, 3.05) is 17.2 Å². The standard InChI is InChI=1S/C19H19F4N3O/c1-12(13(2)18(27)26-16-5-3-15(20)4-6-16)7-9-24-17-11-14(8-10-25-17)19(21,22)23/h3-6,8,10-11,13H,1,7,9H2,2H3,(H,24,25)(H,26,27). The van der Waals surface area contributed by atoms with Crippen molar-refractivity contribution >= 4 is 17.4 Å². The zero-order valence-electron chi connectivity index (χ0n) is 14.6. The molecule has 2 N–H and O–H groups in total. The number of anilines is 2. The SMILES string of the molecule is C=C(CCNc1cc(C(F)(F)F)ccn1)C(C)C(=O)Nc1ccc(F)cc1. The molecule has 144 valence electrons. The number of carbonyl (C=O) groups is 1. The first kappa shape index (κ1) is 20.4. The van der Waals surface area contributed by atoms with E-state index in [4.69, 9.17) is 0 Å². The number of alkyl halides is 3. The molecule has 27 heavy (non-hydrogen) atoms. The Labute approximate surface area is 154 Å². The van der Waals surface area contributed by atoms with E-state index in [-0.39, 0.29) is 18.3 Å². The van der Waals surface area contributed by atoms with E-state index in [9.17, 15) is 22.4 Å². The molecule has 0 aliphatic rings. The number of nitrogens with one attached hydrogen (secondary N) is 2. The average molecular weight is 381 g/mol. The maximum atomic E-state index is 12.9. The quantitative estimate of drug-likeness (QED) is 0.531. The monoisotopic (exact) mass is 381 g/mol. The summed E-state index contributed by atoms with van der Waals surface area (Å²) in [6.45, 7) is 5.81. The van der Waals surface area contributed by atoms with Crippen LogP contribution >= 0.6 is 0 Å². The minimum absolute atomic E-state index is 0.0982. The van der Waals surface area contributed by atoms with Crippen LogP contribution in [0.5, 0.6) is 0 Å². The normalized spacial score (nSPS) is 12.3. The van der Waals surface area contributed by atoms with E-state index in [1.807, 2.05) is 0 Å². The van der Waals surface area contributed by atoms with Crippen LogP contribution in [0.3, 0.4) is 0 Å². The van der Waals surface area contributed by atoms with Crippen molar-refractivity contribution < 1.29 is 22.4 Å². The third-order valence-corrected chi connectivity index (χ3v) is 3.96. The van der Waals surface area contributed by atoms with E-state index >= 15 is 0 Å². The summed E-state index contributed by atoms with van der Waals surface area (Å²) in [4.78, 5) is 16.0. The molecule has 0 aliphatic carbocycles. The molecule has 1 aromatic heterocycles. The predicted molar refractivity (Wildman–Crippen MR) is 95.7 cm³/mol. The van der Waals surface area contributed by atoms with Gasteiger partial charge in [-0.1, -0.05) is 12.2 Å². The first-order valence-corrected chi connectivity index (χ1v) is 8.18. The van der Waals surface area contributed by atoms with Crippen molar-refractivity contribution in [2.45, 2.75) is 19.5 Å². The van der Waals surface area contributed by atoms with Crippen LogP contribution in [0, 0.1) is 11.7 Å². The molecule has 1 heterocycles. The molecule has 8 heteroatoms. The molecule has 0 spiro atoms. The number of amides is 1. The molecule has 0 bridgehead atoms. The molecular formula is C19H19F4N3O. The highest BCUT2D eigenvalue weighted by Gasteiger charge is 2.30. The Morgan fingerprint density at radius 2 is 1.89 bits per heavy atom. The Hall–Kier alpha value is -2.90. The molecule has 1 unspecified atom stereocenters. The lowest BCUT2D eigenvalue weighted by atomic mass is 9.99. The topological polar surface area (TPSA) is 54.0 Å². The maximum absolute atomic E-state index is 12.9. The van der Waals surface area contributed by atoms with E-state index < -0.39 is 23.5 Å². The van der Waals surface area contributed by atoms with Gasteiger partial charge in [0.05, 0.1) is 11.5 Å². The van der Waals surface area contributed by atoms with E-state index in [0.717, 1.165) is 18.3 Å². The van der Waals surface area contributed by atoms with Gasteiger partial charge in [-0.2, -0.15) is 13.2 Å². The molecular weight excluding hydrogens is 362 g/mol. The first-order chi connectivity index (χ1) is 12.7. The van der Waals surface area contributed by atoms with Crippen molar-refractivity contribution in [3.8, 4) is 0 Å². The van der Waals surface area contributed by atoms with Crippen LogP contribution < -0.4 is 10.6 Å². The van der Waals surface area contributed by atoms with Crippen molar-refractivity contribution in [3.05, 3.63) is 66.1 Å². The molecule has 0 saturated heterocycles. The molecule has 1 aromatic carbocycles. The second kappa shape index (κ2) is 8.66. The van der Waals surface area contributed by atoms with Gasteiger partial charge >= 0.3 is 6.18 Å². The van der Waals surface area contributed by atoms with Crippen molar-refractivity contribution in [3.63, 3.8) is 0 Å². The van der Waals surface area contributed by atoms with Gasteiger partial charge in [-0.25, -0.2) is 9.37 Å². The van der Waals surface area contributed by atoms with Crippen LogP contribution in [0.2, 0.25) is 0 Å². The van der Waals surface area contributed by atoms with Gasteiger partial charge in [-0.05, 0) is 49.7 Å². The molecule has 0 aliphatic heterocycles. The zero-order chi connectivity index (χ0) is 20.0. The van der Waals surface area contributed by atoms with E-state index in [0.29, 0.717) is 17.7 Å². The Kier molecular flexibility index (Phi) is 6.55. The summed E-state index contributed by atoms with van der Waals surface area (Å²) in [6.07, 6.45) is -2.98. The minimum atomic E-state index is -4.43. The summed E-state index contributed by atoms with van der Waals surface area (Å²) in [5.74, 6) is -1.13. The van der Waals surface area contributed by atoms with Gasteiger partial charge in [0.15, 0.2) is 0 Å². The Bertz CT molecular complexity index is 803. The molecule has 0 saturated carbocycles. The van der Waals surface area contributed by atoms with Gasteiger partial charge in [0, 0.05) is 18.4 Å². The zero-order valence-corrected chi connectivity index (χ0v) is 14.6. The van der Waals surface area contributed by atoms with E-state index in [2.05, 4.69) is 22.2 Å². The summed E-state index contributed by atoms with van der Waals surface area (Å²) < 4.78 is 50.9. The first-order valence-electron chi connectivity index (χ1n) is 8.18. The lowest BCUT2D eigenvalue weighted by Crippen LogP contribution is -2.22. The number of nitrogens with zero attached hydrogens (tertiary/aromatic N) is 1. The highest BCUT2D eigenvalue weighted by molar-refractivity contribution is 5.94. The summed E-state index contributed by atoms with van der Waals surface area (Å²) in [5.41, 5.74) is 0.285. The number of pyridine rings is 1. The van der Waals surface area contributed by atoms with Gasteiger partial charge in [0.2, 0.25) is 5.91 Å². The fourth-order valence-electron chi connectivity index (χ4n) is 2.24. The van der Waals surface area contributed by atoms with E-state index in [1.54, 1.807) is 6.92 Å². The number of rotatable bonds is 7. The highest BCUT2D eigenvalue weighted by Crippen LogP contribution is 2.29. The largest absolute Gasteiger partial charge is 0.416 e. The van der Waals surface area contributed by atoms with E-state index in [1.165, 1.54) is 24.3 Å². The summed E-state index contributed by atoms with van der Waals surface area (Å²) >= 11 is 0. The smallest absolute Gasteiger partial charge is 0.370 e. The number of halogens is 4. The van der Waals surface area contributed by atoms with Crippen LogP contribution in [0.1, 0.15) is 18.9 Å². The molecule has 2 aromatic rings. The minimum Gasteiger partial charge on any atom is -0.370 e. The lowest BCUT2D eigenvalue weighted by Gasteiger charge is -2.16. The summed E-state index contributed by atoms with van der Waals surface area (Å²) in [5, 5.41) is 5.45. The average Bonchev–Trinajstić information content (AvgIpc) is 2.62. The third-order valence-electron chi connectivity index (χ3n) is 3.96. The van der Waals surface area contributed by atoms with Crippen LogP contribution in [0.25, 0.3) is 0 Å². The molecule has 0 fully saturated rings. The molecule has 0 radical (unpaired) electrons. The molecule has 1 amide bonds. The fourth-order valence-corrected chi connectivity index (χ4v) is 2.24. The number of aromatic nitrogens is 1. The van der Waals surface area contributed by atoms with Crippen molar-refractivity contribution in [2.24, 2.45) is 5.92 Å². The van der Waals surface area contributed by atoms with Crippen LogP contribution in [-0.4, -0.2) is 17.4 Å². The van der Waals surface area contributed by atoms with Crippen LogP contribution in [0.15, 0.2) is 54.7 Å². The molecule has 4 nitrogen and oxygen atoms in total. The predicted octanol–water partition coefficient (Wildman–Crippen LogP) is 4.87. The maximum Gasteiger partial charge on any atom is 0.416 e. The highest BCUT2D eigenvalue weighted by atomic mass is 19.4. The number of hydrogen-bond donors (Lipinski definition) is 2. The third kappa shape index (κ3) is 6.09. The Morgan fingerprint density at radius 1 is 1.22 bits per heavy atom. The second-order valence-corrected chi connectivity index (χ2v) is 5.98. The van der Waals surface area contributed by atoms with Gasteiger partial charge in [0.1, 0.15) is 11.6 Å². The molecule has 2 rings (SSSR count). The number of carbonyl (C=O) groups excluding carboxylic acids is 1. The van der Waals surface area contributed by atoms with Gasteiger partial charge in [-0.15, -0.1) is 0 Å². The Morgan fingerprint density at radius 3 is 2.52 bits per heavy atom. The fraction of sp³-hybridized carbons (Fsp3) is 0.263. The van der Waals surface area contributed by atoms with Crippen molar-refractivity contribution in [1.82, 2.24) is 4.98 Å². The summed E-state index contributed by atoms with van der Waals surface area (Å²) in [7, 11) is 0. The summed E-state index contributed by atoms with van der Waals surface area (Å²) in [6, 6.07) is 7.19. The van der Waals surface area contributed by atoms with Crippen LogP contribution in [-0.2, 0) is 11.0 Å². The second-order valence-electron chi connectivity index (χ2n) is 5.98. The van der Waals surface area contributed by atoms with Crippen LogP contribution in [0.4, 0.5) is 29.1 Å². The molecule has 1 atom stereocenters. The lowest BCUT2D eigenvalue weighted by molar-refractivity contribution is -0.137. The Balaban J connectivity index is 1.84. The number of hydrogen-bond acceptors (Lipinski definition) is 3.